The molecule has 1 aromatic heterocycles. The van der Waals surface area contributed by atoms with Gasteiger partial charge in [0.15, 0.2) is 0 Å². The van der Waals surface area contributed by atoms with Gasteiger partial charge < -0.3 is 5.32 Å². The predicted molar refractivity (Wildman–Crippen MR) is 64.6 cm³/mol. The van der Waals surface area contributed by atoms with E-state index in [2.05, 4.69) is 15.5 Å². The molecule has 2 rings (SSSR count). The molecule has 5 heteroatoms. The Morgan fingerprint density at radius 3 is 2.69 bits per heavy atom. The molecular formula is C11H17N3OS. The van der Waals surface area contributed by atoms with Gasteiger partial charge in [-0.3, -0.25) is 4.79 Å². The van der Waals surface area contributed by atoms with Gasteiger partial charge in [0.25, 0.3) is 0 Å². The Bertz CT molecular complexity index is 369. The molecule has 1 amide bonds. The number of hydrogen-bond acceptors (Lipinski definition) is 4. The highest BCUT2D eigenvalue weighted by atomic mass is 32.1. The second-order valence-corrected chi connectivity index (χ2v) is 5.23. The summed E-state index contributed by atoms with van der Waals surface area (Å²) in [4.78, 5) is 11.8. The van der Waals surface area contributed by atoms with Crippen molar-refractivity contribution in [2.75, 3.05) is 5.32 Å². The zero-order valence-corrected chi connectivity index (χ0v) is 10.5. The molecule has 0 bridgehead atoms. The largest absolute Gasteiger partial charge is 0.300 e. The number of nitrogens with one attached hydrogen (secondary N) is 1. The molecule has 0 aliphatic heterocycles. The van der Waals surface area contributed by atoms with E-state index in [9.17, 15) is 4.79 Å². The molecule has 1 heterocycles. The lowest BCUT2D eigenvalue weighted by Gasteiger charge is -2.09. The number of hydrogen-bond donors (Lipinski definition) is 1. The monoisotopic (exact) mass is 239 g/mol. The van der Waals surface area contributed by atoms with Crippen molar-refractivity contribution in [3.63, 3.8) is 0 Å². The summed E-state index contributed by atoms with van der Waals surface area (Å²) >= 11 is 1.52. The standard InChI is InChI=1S/C11H17N3OS/c1-3-7(4-2)9(15)12-11-14-13-10(16-11)8-5-6-8/h7-8H,3-6H2,1-2H3,(H,12,14,15). The fraction of sp³-hybridized carbons (Fsp3) is 0.727. The Morgan fingerprint density at radius 1 is 1.44 bits per heavy atom. The molecule has 1 saturated carbocycles. The molecule has 1 aliphatic rings. The highest BCUT2D eigenvalue weighted by Crippen LogP contribution is 2.42. The summed E-state index contributed by atoms with van der Waals surface area (Å²) in [7, 11) is 0. The number of amides is 1. The number of carbonyl (C=O) groups excluding carboxylic acids is 1. The predicted octanol–water partition coefficient (Wildman–Crippen LogP) is 2.79. The Morgan fingerprint density at radius 2 is 2.12 bits per heavy atom. The SMILES string of the molecule is CCC(CC)C(=O)Nc1nnc(C2CC2)s1. The van der Waals surface area contributed by atoms with Crippen molar-refractivity contribution < 1.29 is 4.79 Å². The van der Waals surface area contributed by atoms with Crippen molar-refractivity contribution in [2.45, 2.75) is 45.4 Å². The van der Waals surface area contributed by atoms with E-state index in [0.717, 1.165) is 17.8 Å². The molecule has 0 unspecified atom stereocenters. The maximum atomic E-state index is 11.8. The van der Waals surface area contributed by atoms with E-state index in [-0.39, 0.29) is 11.8 Å². The van der Waals surface area contributed by atoms with E-state index in [1.54, 1.807) is 0 Å². The van der Waals surface area contributed by atoms with Gasteiger partial charge in [-0.25, -0.2) is 0 Å². The molecule has 1 aromatic rings. The quantitative estimate of drug-likeness (QED) is 0.859. The van der Waals surface area contributed by atoms with Crippen molar-refractivity contribution in [3.8, 4) is 0 Å². The molecule has 0 atom stereocenters. The lowest BCUT2D eigenvalue weighted by Crippen LogP contribution is -2.21. The molecule has 4 nitrogen and oxygen atoms in total. The second-order valence-electron chi connectivity index (χ2n) is 4.22. The molecule has 88 valence electrons. The fourth-order valence-corrected chi connectivity index (χ4v) is 2.56. The van der Waals surface area contributed by atoms with Crippen LogP contribution >= 0.6 is 11.3 Å². The van der Waals surface area contributed by atoms with E-state index < -0.39 is 0 Å². The Balaban J connectivity index is 1.94. The van der Waals surface area contributed by atoms with E-state index in [4.69, 9.17) is 0 Å². The summed E-state index contributed by atoms with van der Waals surface area (Å²) in [5.41, 5.74) is 0. The van der Waals surface area contributed by atoms with Gasteiger partial charge in [-0.1, -0.05) is 25.2 Å². The topological polar surface area (TPSA) is 54.9 Å². The summed E-state index contributed by atoms with van der Waals surface area (Å²) in [6, 6.07) is 0. The van der Waals surface area contributed by atoms with E-state index >= 15 is 0 Å². The lowest BCUT2D eigenvalue weighted by molar-refractivity contribution is -0.120. The third-order valence-electron chi connectivity index (χ3n) is 2.95. The lowest BCUT2D eigenvalue weighted by atomic mass is 10.0. The van der Waals surface area contributed by atoms with Gasteiger partial charge in [0.2, 0.25) is 11.0 Å². The van der Waals surface area contributed by atoms with Gasteiger partial charge in [0.1, 0.15) is 5.01 Å². The summed E-state index contributed by atoms with van der Waals surface area (Å²) in [6.07, 6.45) is 4.18. The van der Waals surface area contributed by atoms with Crippen LogP contribution in [0.4, 0.5) is 5.13 Å². The molecule has 1 aliphatic carbocycles. The Kier molecular flexibility index (Phi) is 3.53. The van der Waals surface area contributed by atoms with Gasteiger partial charge >= 0.3 is 0 Å². The molecule has 1 N–H and O–H groups in total. The maximum Gasteiger partial charge on any atom is 0.229 e. The van der Waals surface area contributed by atoms with Crippen molar-refractivity contribution in [1.29, 1.82) is 0 Å². The third kappa shape index (κ3) is 2.58. The molecule has 16 heavy (non-hydrogen) atoms. The highest BCUT2D eigenvalue weighted by molar-refractivity contribution is 7.15. The van der Waals surface area contributed by atoms with Crippen LogP contribution in [0.3, 0.4) is 0 Å². The molecule has 0 radical (unpaired) electrons. The third-order valence-corrected chi connectivity index (χ3v) is 3.95. The normalized spacial score (nSPS) is 15.4. The van der Waals surface area contributed by atoms with Crippen LogP contribution in [0.25, 0.3) is 0 Å². The van der Waals surface area contributed by atoms with Gasteiger partial charge in [-0.05, 0) is 25.7 Å². The second kappa shape index (κ2) is 4.91. The number of nitrogens with zero attached hydrogens (tertiary/aromatic N) is 2. The van der Waals surface area contributed by atoms with Crippen LogP contribution in [0, 0.1) is 5.92 Å². The van der Waals surface area contributed by atoms with Gasteiger partial charge in [0.05, 0.1) is 0 Å². The zero-order valence-electron chi connectivity index (χ0n) is 9.69. The smallest absolute Gasteiger partial charge is 0.229 e. The van der Waals surface area contributed by atoms with E-state index in [0.29, 0.717) is 11.0 Å². The van der Waals surface area contributed by atoms with Crippen LogP contribution in [-0.2, 0) is 4.79 Å². The molecule has 0 spiro atoms. The van der Waals surface area contributed by atoms with E-state index in [1.165, 1.54) is 24.2 Å². The molecule has 1 fully saturated rings. The first-order valence-corrected chi connectivity index (χ1v) is 6.70. The number of carbonyl (C=O) groups is 1. The number of aromatic nitrogens is 2. The summed E-state index contributed by atoms with van der Waals surface area (Å²) in [5.74, 6) is 0.771. The van der Waals surface area contributed by atoms with Crippen LogP contribution in [-0.4, -0.2) is 16.1 Å². The van der Waals surface area contributed by atoms with Crippen LogP contribution in [0.5, 0.6) is 0 Å². The zero-order chi connectivity index (χ0) is 11.5. The summed E-state index contributed by atoms with van der Waals surface area (Å²) < 4.78 is 0. The minimum absolute atomic E-state index is 0.0727. The minimum Gasteiger partial charge on any atom is -0.300 e. The first kappa shape index (κ1) is 11.5. The van der Waals surface area contributed by atoms with Crippen molar-refractivity contribution in [1.82, 2.24) is 10.2 Å². The minimum atomic E-state index is 0.0727. The first-order valence-electron chi connectivity index (χ1n) is 5.88. The summed E-state index contributed by atoms with van der Waals surface area (Å²) in [5, 5.41) is 12.7. The molecule has 0 aromatic carbocycles. The van der Waals surface area contributed by atoms with Crippen molar-refractivity contribution >= 4 is 22.4 Å². The van der Waals surface area contributed by atoms with Crippen LogP contribution in [0.2, 0.25) is 0 Å². The summed E-state index contributed by atoms with van der Waals surface area (Å²) in [6.45, 7) is 4.06. The van der Waals surface area contributed by atoms with Crippen LogP contribution < -0.4 is 5.32 Å². The highest BCUT2D eigenvalue weighted by Gasteiger charge is 2.28. The Labute approximate surface area is 99.5 Å². The van der Waals surface area contributed by atoms with Crippen LogP contribution in [0.1, 0.15) is 50.5 Å². The van der Waals surface area contributed by atoms with Gasteiger partial charge in [0, 0.05) is 11.8 Å². The average Bonchev–Trinajstić information content (AvgIpc) is 3.02. The fourth-order valence-electron chi connectivity index (χ4n) is 1.65. The van der Waals surface area contributed by atoms with Gasteiger partial charge in [-0.15, -0.1) is 10.2 Å². The Hall–Kier alpha value is -0.970. The van der Waals surface area contributed by atoms with Crippen molar-refractivity contribution in [2.24, 2.45) is 5.92 Å². The van der Waals surface area contributed by atoms with Gasteiger partial charge in [-0.2, -0.15) is 0 Å². The number of anilines is 1. The first-order chi connectivity index (χ1) is 7.74. The maximum absolute atomic E-state index is 11.8. The van der Waals surface area contributed by atoms with Crippen LogP contribution in [0.15, 0.2) is 0 Å². The number of rotatable bonds is 5. The molecular weight excluding hydrogens is 222 g/mol. The van der Waals surface area contributed by atoms with Crippen molar-refractivity contribution in [3.05, 3.63) is 5.01 Å². The molecule has 0 saturated heterocycles. The van der Waals surface area contributed by atoms with E-state index in [1.807, 2.05) is 13.8 Å². The average molecular weight is 239 g/mol.